The smallest absolute Gasteiger partial charge is 0.0417 e. The summed E-state index contributed by atoms with van der Waals surface area (Å²) in [4.78, 5) is 0. The lowest BCUT2D eigenvalue weighted by molar-refractivity contribution is 0.406. The summed E-state index contributed by atoms with van der Waals surface area (Å²) in [6, 6.07) is 0. The highest BCUT2D eigenvalue weighted by atomic mass is 14.1. The molecule has 0 heteroatoms. The minimum Gasteiger partial charge on any atom is -0.0654 e. The molecule has 0 fully saturated rings. The third-order valence-corrected chi connectivity index (χ3v) is 3.67. The third kappa shape index (κ3) is 10.5. The molecule has 0 aromatic heterocycles. The van der Waals surface area contributed by atoms with Crippen LogP contribution in [-0.4, -0.2) is 0 Å². The molecule has 16 heavy (non-hydrogen) atoms. The largest absolute Gasteiger partial charge is 0.0654 e. The van der Waals surface area contributed by atoms with Crippen molar-refractivity contribution in [3.05, 3.63) is 0 Å². The van der Waals surface area contributed by atoms with Crippen LogP contribution >= 0.6 is 0 Å². The summed E-state index contributed by atoms with van der Waals surface area (Å²) in [5.74, 6) is 1.91. The van der Waals surface area contributed by atoms with Crippen LogP contribution in [0.25, 0.3) is 0 Å². The van der Waals surface area contributed by atoms with Gasteiger partial charge in [-0.1, -0.05) is 91.9 Å². The molecule has 0 nitrogen and oxygen atoms in total. The van der Waals surface area contributed by atoms with Crippen molar-refractivity contribution in [2.45, 2.75) is 91.9 Å². The monoisotopic (exact) mass is 226 g/mol. The van der Waals surface area contributed by atoms with E-state index in [4.69, 9.17) is 0 Å². The van der Waals surface area contributed by atoms with E-state index in [1.807, 2.05) is 0 Å². The summed E-state index contributed by atoms with van der Waals surface area (Å²) in [7, 11) is 0. The van der Waals surface area contributed by atoms with Crippen molar-refractivity contribution < 1.29 is 0 Å². The van der Waals surface area contributed by atoms with E-state index in [9.17, 15) is 0 Å². The fourth-order valence-corrected chi connectivity index (χ4v) is 2.48. The van der Waals surface area contributed by atoms with Crippen molar-refractivity contribution in [3.8, 4) is 0 Å². The van der Waals surface area contributed by atoms with Crippen LogP contribution in [0.4, 0.5) is 0 Å². The second kappa shape index (κ2) is 11.5. The number of hydrogen-bond donors (Lipinski definition) is 0. The fourth-order valence-electron chi connectivity index (χ4n) is 2.48. The van der Waals surface area contributed by atoms with Gasteiger partial charge in [0.15, 0.2) is 0 Å². The Morgan fingerprint density at radius 1 is 0.688 bits per heavy atom. The highest BCUT2D eigenvalue weighted by molar-refractivity contribution is 4.57. The van der Waals surface area contributed by atoms with E-state index in [1.54, 1.807) is 0 Å². The van der Waals surface area contributed by atoms with E-state index < -0.39 is 0 Å². The second-order valence-electron chi connectivity index (χ2n) is 5.80. The van der Waals surface area contributed by atoms with Gasteiger partial charge in [-0.3, -0.25) is 0 Å². The van der Waals surface area contributed by atoms with Crippen LogP contribution in [0, 0.1) is 11.8 Å². The topological polar surface area (TPSA) is 0 Å². The van der Waals surface area contributed by atoms with Crippen molar-refractivity contribution in [1.82, 2.24) is 0 Å². The first-order chi connectivity index (χ1) is 7.70. The average molecular weight is 226 g/mol. The maximum atomic E-state index is 2.35. The minimum absolute atomic E-state index is 0.897. The zero-order valence-corrected chi connectivity index (χ0v) is 12.2. The van der Waals surface area contributed by atoms with Crippen LogP contribution in [0.5, 0.6) is 0 Å². The van der Waals surface area contributed by atoms with Gasteiger partial charge in [0.2, 0.25) is 0 Å². The molecule has 1 unspecified atom stereocenters. The second-order valence-corrected chi connectivity index (χ2v) is 5.80. The van der Waals surface area contributed by atoms with Crippen LogP contribution in [0.2, 0.25) is 0 Å². The molecule has 0 radical (unpaired) electrons. The molecular formula is C16H34. The first kappa shape index (κ1) is 16.0. The van der Waals surface area contributed by atoms with E-state index in [0.29, 0.717) is 0 Å². The van der Waals surface area contributed by atoms with Gasteiger partial charge < -0.3 is 0 Å². The summed E-state index contributed by atoms with van der Waals surface area (Å²) < 4.78 is 0. The molecular weight excluding hydrogens is 192 g/mol. The molecule has 0 heterocycles. The van der Waals surface area contributed by atoms with E-state index >= 15 is 0 Å². The summed E-state index contributed by atoms with van der Waals surface area (Å²) in [6.07, 6.45) is 14.4. The highest BCUT2D eigenvalue weighted by Crippen LogP contribution is 2.19. The molecule has 0 aromatic rings. The van der Waals surface area contributed by atoms with Crippen LogP contribution in [0.3, 0.4) is 0 Å². The van der Waals surface area contributed by atoms with Crippen LogP contribution in [0.1, 0.15) is 91.9 Å². The van der Waals surface area contributed by atoms with Gasteiger partial charge in [0.25, 0.3) is 0 Å². The lowest BCUT2D eigenvalue weighted by Gasteiger charge is -2.13. The zero-order valence-electron chi connectivity index (χ0n) is 12.2. The number of unbranched alkanes of at least 4 members (excludes halogenated alkanes) is 4. The van der Waals surface area contributed by atoms with Crippen molar-refractivity contribution >= 4 is 0 Å². The van der Waals surface area contributed by atoms with E-state index in [1.165, 1.54) is 64.2 Å². The molecule has 0 aliphatic carbocycles. The van der Waals surface area contributed by atoms with Gasteiger partial charge in [0, 0.05) is 0 Å². The molecule has 0 amide bonds. The number of hydrogen-bond acceptors (Lipinski definition) is 0. The van der Waals surface area contributed by atoms with Crippen LogP contribution < -0.4 is 0 Å². The lowest BCUT2D eigenvalue weighted by atomic mass is 9.93. The molecule has 0 aliphatic heterocycles. The first-order valence-electron chi connectivity index (χ1n) is 7.70. The first-order valence-corrected chi connectivity index (χ1v) is 7.70. The predicted molar refractivity (Wildman–Crippen MR) is 75.8 cm³/mol. The van der Waals surface area contributed by atoms with Gasteiger partial charge >= 0.3 is 0 Å². The Kier molecular flexibility index (Phi) is 11.5. The zero-order chi connectivity index (χ0) is 12.2. The minimum atomic E-state index is 0.897. The summed E-state index contributed by atoms with van der Waals surface area (Å²) >= 11 is 0. The van der Waals surface area contributed by atoms with E-state index in [-0.39, 0.29) is 0 Å². The van der Waals surface area contributed by atoms with Crippen molar-refractivity contribution in [1.29, 1.82) is 0 Å². The summed E-state index contributed by atoms with van der Waals surface area (Å²) in [5, 5.41) is 0. The summed E-state index contributed by atoms with van der Waals surface area (Å²) in [5.41, 5.74) is 0. The lowest BCUT2D eigenvalue weighted by Crippen LogP contribution is -1.98. The standard InChI is InChI=1S/C16H34/c1-5-12-16(6-2)14-11-9-7-8-10-13-15(3)4/h15-16H,5-14H2,1-4H3. The third-order valence-electron chi connectivity index (χ3n) is 3.67. The molecule has 0 spiro atoms. The molecule has 0 rings (SSSR count). The molecule has 0 bridgehead atoms. The molecule has 1 atom stereocenters. The van der Waals surface area contributed by atoms with Crippen LogP contribution in [-0.2, 0) is 0 Å². The Labute approximate surface area is 104 Å². The highest BCUT2D eigenvalue weighted by Gasteiger charge is 2.04. The molecule has 0 saturated heterocycles. The van der Waals surface area contributed by atoms with Gasteiger partial charge in [-0.2, -0.15) is 0 Å². The molecule has 98 valence electrons. The Morgan fingerprint density at radius 3 is 1.75 bits per heavy atom. The molecule has 0 saturated carbocycles. The maximum Gasteiger partial charge on any atom is -0.0417 e. The SMILES string of the molecule is CCCC(CC)CCCCCCCC(C)C. The van der Waals surface area contributed by atoms with E-state index in [2.05, 4.69) is 27.7 Å². The summed E-state index contributed by atoms with van der Waals surface area (Å²) in [6.45, 7) is 9.32. The molecule has 0 N–H and O–H groups in total. The van der Waals surface area contributed by atoms with Crippen molar-refractivity contribution in [2.24, 2.45) is 11.8 Å². The van der Waals surface area contributed by atoms with Crippen LogP contribution in [0.15, 0.2) is 0 Å². The normalized spacial score (nSPS) is 13.3. The van der Waals surface area contributed by atoms with Gasteiger partial charge in [-0.15, -0.1) is 0 Å². The average Bonchev–Trinajstić information content (AvgIpc) is 2.26. The molecule has 0 aromatic carbocycles. The Hall–Kier alpha value is 0. The van der Waals surface area contributed by atoms with Gasteiger partial charge in [-0.25, -0.2) is 0 Å². The maximum absolute atomic E-state index is 2.35. The Balaban J connectivity index is 3.19. The predicted octanol–water partition coefficient (Wildman–Crippen LogP) is 6.20. The van der Waals surface area contributed by atoms with Gasteiger partial charge in [-0.05, 0) is 11.8 Å². The molecule has 0 aliphatic rings. The Bertz CT molecular complexity index is 126. The fraction of sp³-hybridized carbons (Fsp3) is 1.00. The van der Waals surface area contributed by atoms with Crippen molar-refractivity contribution in [2.75, 3.05) is 0 Å². The van der Waals surface area contributed by atoms with Gasteiger partial charge in [0.1, 0.15) is 0 Å². The Morgan fingerprint density at radius 2 is 1.25 bits per heavy atom. The number of rotatable bonds is 11. The van der Waals surface area contributed by atoms with E-state index in [0.717, 1.165) is 11.8 Å². The van der Waals surface area contributed by atoms with Crippen molar-refractivity contribution in [3.63, 3.8) is 0 Å². The quantitative estimate of drug-likeness (QED) is 0.368. The van der Waals surface area contributed by atoms with Gasteiger partial charge in [0.05, 0.1) is 0 Å².